The number of aliphatic carboxylic acids is 1. The number of nitrogens with one attached hydrogen (secondary N) is 2. The van der Waals surface area contributed by atoms with E-state index >= 15 is 0 Å². The van der Waals surface area contributed by atoms with Crippen LogP contribution in [0.1, 0.15) is 36.2 Å². The molecule has 0 aliphatic heterocycles. The fourth-order valence-electron chi connectivity index (χ4n) is 2.50. The number of hydrogen-bond donors (Lipinski definition) is 3. The number of carboxylic acid groups (broad SMARTS) is 1. The van der Waals surface area contributed by atoms with E-state index in [0.717, 1.165) is 5.56 Å². The van der Waals surface area contributed by atoms with Gasteiger partial charge in [0, 0.05) is 24.2 Å². The van der Waals surface area contributed by atoms with Crippen molar-refractivity contribution in [2.45, 2.75) is 26.8 Å². The lowest BCUT2D eigenvalue weighted by Crippen LogP contribution is -2.23. The molecule has 0 fully saturated rings. The fourth-order valence-corrected chi connectivity index (χ4v) is 2.50. The van der Waals surface area contributed by atoms with Gasteiger partial charge in [0.15, 0.2) is 6.61 Å². The number of ether oxygens (including phenoxy) is 1. The molecule has 2 aromatic carbocycles. The summed E-state index contributed by atoms with van der Waals surface area (Å²) in [4.78, 5) is 34.8. The van der Waals surface area contributed by atoms with Crippen molar-refractivity contribution in [1.82, 2.24) is 5.32 Å². The molecule has 7 heteroatoms. The maximum Gasteiger partial charge on any atom is 0.341 e. The molecule has 0 aliphatic rings. The number of carboxylic acids is 1. The van der Waals surface area contributed by atoms with E-state index in [2.05, 4.69) is 10.6 Å². The average Bonchev–Trinajstić information content (AvgIpc) is 2.64. The van der Waals surface area contributed by atoms with Crippen LogP contribution in [-0.2, 0) is 16.1 Å². The number of hydrogen-bond acceptors (Lipinski definition) is 4. The second-order valence-corrected chi connectivity index (χ2v) is 6.74. The SMILES string of the molecule is CC(C)CC(=O)Nc1cccc(CNC(=O)c2cccc(OCC(=O)O)c2)c1. The van der Waals surface area contributed by atoms with E-state index in [-0.39, 0.29) is 24.3 Å². The number of carbonyl (C=O) groups is 3. The molecule has 0 spiro atoms. The molecule has 0 heterocycles. The predicted octanol–water partition coefficient (Wildman–Crippen LogP) is 3.06. The van der Waals surface area contributed by atoms with Crippen LogP contribution in [0.5, 0.6) is 5.75 Å². The van der Waals surface area contributed by atoms with E-state index < -0.39 is 12.6 Å². The topological polar surface area (TPSA) is 105 Å². The van der Waals surface area contributed by atoms with Crippen molar-refractivity contribution in [1.29, 1.82) is 0 Å². The zero-order valence-electron chi connectivity index (χ0n) is 15.9. The van der Waals surface area contributed by atoms with Gasteiger partial charge in [-0.1, -0.05) is 32.0 Å². The van der Waals surface area contributed by atoms with Gasteiger partial charge in [-0.3, -0.25) is 9.59 Å². The summed E-state index contributed by atoms with van der Waals surface area (Å²) in [6, 6.07) is 13.6. The molecule has 2 aromatic rings. The van der Waals surface area contributed by atoms with Crippen LogP contribution in [-0.4, -0.2) is 29.5 Å². The Kier molecular flexibility index (Phi) is 7.56. The summed E-state index contributed by atoms with van der Waals surface area (Å²) in [5, 5.41) is 14.3. The van der Waals surface area contributed by atoms with Crippen molar-refractivity contribution in [3.63, 3.8) is 0 Å². The zero-order valence-corrected chi connectivity index (χ0v) is 15.9. The van der Waals surface area contributed by atoms with E-state index in [4.69, 9.17) is 9.84 Å². The summed E-state index contributed by atoms with van der Waals surface area (Å²) in [6.45, 7) is 3.77. The quantitative estimate of drug-likeness (QED) is 0.616. The predicted molar refractivity (Wildman–Crippen MR) is 105 cm³/mol. The van der Waals surface area contributed by atoms with Gasteiger partial charge >= 0.3 is 5.97 Å². The van der Waals surface area contributed by atoms with Gasteiger partial charge < -0.3 is 20.5 Å². The Hall–Kier alpha value is -3.35. The summed E-state index contributed by atoms with van der Waals surface area (Å²) in [6.07, 6.45) is 0.446. The highest BCUT2D eigenvalue weighted by atomic mass is 16.5. The molecular formula is C21H24N2O5. The molecule has 0 atom stereocenters. The van der Waals surface area contributed by atoms with Gasteiger partial charge in [-0.15, -0.1) is 0 Å². The first-order valence-electron chi connectivity index (χ1n) is 8.95. The molecule has 0 radical (unpaired) electrons. The molecule has 0 unspecified atom stereocenters. The molecule has 28 heavy (non-hydrogen) atoms. The fraction of sp³-hybridized carbons (Fsp3) is 0.286. The summed E-state index contributed by atoms with van der Waals surface area (Å²) in [7, 11) is 0. The minimum absolute atomic E-state index is 0.0469. The lowest BCUT2D eigenvalue weighted by atomic mass is 10.1. The van der Waals surface area contributed by atoms with Gasteiger partial charge in [-0.05, 0) is 41.8 Å². The lowest BCUT2D eigenvalue weighted by Gasteiger charge is -2.10. The van der Waals surface area contributed by atoms with E-state index in [1.54, 1.807) is 24.3 Å². The molecule has 0 aliphatic carbocycles. The van der Waals surface area contributed by atoms with Crippen molar-refractivity contribution >= 4 is 23.5 Å². The summed E-state index contributed by atoms with van der Waals surface area (Å²) in [5.41, 5.74) is 1.89. The summed E-state index contributed by atoms with van der Waals surface area (Å²) < 4.78 is 5.08. The summed E-state index contributed by atoms with van der Waals surface area (Å²) in [5.74, 6) is -0.859. The lowest BCUT2D eigenvalue weighted by molar-refractivity contribution is -0.139. The van der Waals surface area contributed by atoms with Crippen LogP contribution in [0.4, 0.5) is 5.69 Å². The molecule has 0 aromatic heterocycles. The normalized spacial score (nSPS) is 10.4. The van der Waals surface area contributed by atoms with Gasteiger partial charge in [0.2, 0.25) is 5.91 Å². The van der Waals surface area contributed by atoms with Crippen LogP contribution < -0.4 is 15.4 Å². The molecular weight excluding hydrogens is 360 g/mol. The molecule has 0 saturated heterocycles. The second kappa shape index (κ2) is 10.1. The van der Waals surface area contributed by atoms with Crippen LogP contribution in [0, 0.1) is 5.92 Å². The number of anilines is 1. The van der Waals surface area contributed by atoms with Crippen LogP contribution in [0.25, 0.3) is 0 Å². The maximum absolute atomic E-state index is 12.3. The van der Waals surface area contributed by atoms with Crippen molar-refractivity contribution in [3.8, 4) is 5.75 Å². The number of carbonyl (C=O) groups excluding carboxylic acids is 2. The Balaban J connectivity index is 1.94. The highest BCUT2D eigenvalue weighted by Crippen LogP contribution is 2.15. The van der Waals surface area contributed by atoms with Crippen LogP contribution in [0.2, 0.25) is 0 Å². The Morgan fingerprint density at radius 2 is 1.82 bits per heavy atom. The first-order valence-corrected chi connectivity index (χ1v) is 8.95. The van der Waals surface area contributed by atoms with Gasteiger partial charge in [-0.25, -0.2) is 4.79 Å². The van der Waals surface area contributed by atoms with Crippen LogP contribution >= 0.6 is 0 Å². The first kappa shape index (κ1) is 21.0. The van der Waals surface area contributed by atoms with Crippen molar-refractivity contribution in [2.75, 3.05) is 11.9 Å². The second-order valence-electron chi connectivity index (χ2n) is 6.74. The average molecular weight is 384 g/mol. The van der Waals surface area contributed by atoms with Gasteiger partial charge in [0.05, 0.1) is 0 Å². The Bertz CT molecular complexity index is 848. The van der Waals surface area contributed by atoms with Crippen molar-refractivity contribution in [3.05, 3.63) is 59.7 Å². The van der Waals surface area contributed by atoms with E-state index in [0.29, 0.717) is 23.4 Å². The van der Waals surface area contributed by atoms with Gasteiger partial charge in [0.1, 0.15) is 5.75 Å². The monoisotopic (exact) mass is 384 g/mol. The molecule has 148 valence electrons. The first-order chi connectivity index (χ1) is 13.3. The zero-order chi connectivity index (χ0) is 20.5. The van der Waals surface area contributed by atoms with Crippen molar-refractivity contribution < 1.29 is 24.2 Å². The van der Waals surface area contributed by atoms with Crippen LogP contribution in [0.3, 0.4) is 0 Å². The molecule has 2 rings (SSSR count). The Morgan fingerprint density at radius 3 is 2.54 bits per heavy atom. The highest BCUT2D eigenvalue weighted by molar-refractivity contribution is 5.94. The largest absolute Gasteiger partial charge is 0.482 e. The molecule has 7 nitrogen and oxygen atoms in total. The van der Waals surface area contributed by atoms with Crippen LogP contribution in [0.15, 0.2) is 48.5 Å². The smallest absolute Gasteiger partial charge is 0.341 e. The number of rotatable bonds is 9. The molecule has 0 saturated carbocycles. The number of benzene rings is 2. The minimum Gasteiger partial charge on any atom is -0.482 e. The molecule has 2 amide bonds. The minimum atomic E-state index is -1.09. The van der Waals surface area contributed by atoms with Crippen molar-refractivity contribution in [2.24, 2.45) is 5.92 Å². The van der Waals surface area contributed by atoms with E-state index in [9.17, 15) is 14.4 Å². The third kappa shape index (κ3) is 7.11. The van der Waals surface area contributed by atoms with Gasteiger partial charge in [-0.2, -0.15) is 0 Å². The maximum atomic E-state index is 12.3. The standard InChI is InChI=1S/C21H24N2O5/c1-14(2)9-19(24)23-17-7-3-5-15(10-17)12-22-21(27)16-6-4-8-18(11-16)28-13-20(25)26/h3-8,10-11,14H,9,12-13H2,1-2H3,(H,22,27)(H,23,24)(H,25,26). The third-order valence-corrected chi connectivity index (χ3v) is 3.72. The molecule has 3 N–H and O–H groups in total. The third-order valence-electron chi connectivity index (χ3n) is 3.72. The molecule has 0 bridgehead atoms. The van der Waals surface area contributed by atoms with E-state index in [1.165, 1.54) is 6.07 Å². The Labute approximate surface area is 163 Å². The number of amides is 2. The van der Waals surface area contributed by atoms with E-state index in [1.807, 2.05) is 32.0 Å². The van der Waals surface area contributed by atoms with Gasteiger partial charge in [0.25, 0.3) is 5.91 Å². The highest BCUT2D eigenvalue weighted by Gasteiger charge is 2.09. The summed E-state index contributed by atoms with van der Waals surface area (Å²) >= 11 is 0. The Morgan fingerprint density at radius 1 is 1.07 bits per heavy atom.